The zero-order valence-electron chi connectivity index (χ0n) is 22.8. The standard InChI is InChI=1S/C28H32F2N4O7/c1-3-39-28(38)40-16-21-15-34(27(37)41-21)20-11-22(29)25(23(30)12-20)33-9-6-18(7-10-33)17(2)24(35)14-32-26(36)19-5-4-8-31-13-19/h4-5,8,11-13,17-18,21H,3,6-7,9-10,14-16H2,1-2H3,(H,32,36). The van der Waals surface area contributed by atoms with Gasteiger partial charge in [0.05, 0.1) is 30.9 Å². The minimum atomic E-state index is -0.904. The lowest BCUT2D eigenvalue weighted by molar-refractivity contribution is -0.123. The summed E-state index contributed by atoms with van der Waals surface area (Å²) in [5, 5.41) is 2.62. The van der Waals surface area contributed by atoms with Gasteiger partial charge in [-0.25, -0.2) is 18.4 Å². The molecule has 0 spiro atoms. The molecule has 2 aliphatic rings. The number of nitrogens with zero attached hydrogens (tertiary/aromatic N) is 3. The van der Waals surface area contributed by atoms with Crippen LogP contribution in [0.25, 0.3) is 0 Å². The number of ether oxygens (including phenoxy) is 3. The monoisotopic (exact) mass is 574 g/mol. The summed E-state index contributed by atoms with van der Waals surface area (Å²) in [4.78, 5) is 55.1. The molecule has 0 bridgehead atoms. The number of aromatic nitrogens is 1. The number of benzene rings is 1. The van der Waals surface area contributed by atoms with Crippen molar-refractivity contribution in [2.24, 2.45) is 11.8 Å². The number of carbonyl (C=O) groups is 4. The normalized spacial score (nSPS) is 18.0. The fourth-order valence-electron chi connectivity index (χ4n) is 4.96. The van der Waals surface area contributed by atoms with E-state index in [-0.39, 0.29) is 61.2 Å². The molecule has 2 aliphatic heterocycles. The molecule has 2 aromatic rings. The van der Waals surface area contributed by atoms with Crippen LogP contribution in [0.4, 0.5) is 29.7 Å². The van der Waals surface area contributed by atoms with E-state index in [9.17, 15) is 19.2 Å². The molecular weight excluding hydrogens is 542 g/mol. The van der Waals surface area contributed by atoms with Crippen LogP contribution in [0, 0.1) is 23.5 Å². The van der Waals surface area contributed by atoms with E-state index in [4.69, 9.17) is 9.47 Å². The van der Waals surface area contributed by atoms with Crippen LogP contribution in [0.2, 0.25) is 0 Å². The number of halogens is 2. The van der Waals surface area contributed by atoms with Crippen LogP contribution >= 0.6 is 0 Å². The highest BCUT2D eigenvalue weighted by atomic mass is 19.1. The number of amides is 2. The van der Waals surface area contributed by atoms with Crippen molar-refractivity contribution in [3.05, 3.63) is 53.9 Å². The molecule has 1 aromatic heterocycles. The highest BCUT2D eigenvalue weighted by Gasteiger charge is 2.35. The first kappa shape index (κ1) is 29.7. The van der Waals surface area contributed by atoms with Gasteiger partial charge in [0, 0.05) is 43.5 Å². The highest BCUT2D eigenvalue weighted by Crippen LogP contribution is 2.34. The number of rotatable bonds is 10. The summed E-state index contributed by atoms with van der Waals surface area (Å²) < 4.78 is 45.0. The second-order valence-electron chi connectivity index (χ2n) is 9.87. The van der Waals surface area contributed by atoms with Gasteiger partial charge in [0.1, 0.15) is 12.3 Å². The first-order valence-corrected chi connectivity index (χ1v) is 13.4. The van der Waals surface area contributed by atoms with Gasteiger partial charge in [-0.1, -0.05) is 6.92 Å². The molecule has 1 N–H and O–H groups in total. The number of carbonyl (C=O) groups excluding carboxylic acids is 4. The van der Waals surface area contributed by atoms with E-state index in [0.29, 0.717) is 31.5 Å². The van der Waals surface area contributed by atoms with Gasteiger partial charge in [0.15, 0.2) is 23.5 Å². The van der Waals surface area contributed by atoms with Gasteiger partial charge in [-0.15, -0.1) is 0 Å². The molecule has 13 heteroatoms. The first-order valence-electron chi connectivity index (χ1n) is 13.4. The second-order valence-corrected chi connectivity index (χ2v) is 9.87. The molecule has 220 valence electrons. The lowest BCUT2D eigenvalue weighted by Crippen LogP contribution is -2.40. The summed E-state index contributed by atoms with van der Waals surface area (Å²) in [6.07, 6.45) is 1.50. The van der Waals surface area contributed by atoms with Gasteiger partial charge in [0.2, 0.25) is 0 Å². The quantitative estimate of drug-likeness (QED) is 0.423. The summed E-state index contributed by atoms with van der Waals surface area (Å²) in [6, 6.07) is 5.37. The van der Waals surface area contributed by atoms with Gasteiger partial charge in [-0.05, 0) is 37.8 Å². The Labute approximate surface area is 235 Å². The van der Waals surface area contributed by atoms with Crippen LogP contribution in [-0.2, 0) is 19.0 Å². The number of Topliss-reactive ketones (excluding diaryl/α,β-unsaturated/α-hetero) is 1. The Morgan fingerprint density at radius 1 is 1.17 bits per heavy atom. The Bertz CT molecular complexity index is 1250. The third-order valence-electron chi connectivity index (χ3n) is 7.25. The van der Waals surface area contributed by atoms with Crippen LogP contribution < -0.4 is 15.1 Å². The summed E-state index contributed by atoms with van der Waals surface area (Å²) in [5.41, 5.74) is 0.139. The fraction of sp³-hybridized carbons (Fsp3) is 0.464. The third-order valence-corrected chi connectivity index (χ3v) is 7.25. The number of nitrogens with one attached hydrogen (secondary N) is 1. The van der Waals surface area contributed by atoms with Crippen molar-refractivity contribution in [1.29, 1.82) is 0 Å². The number of cyclic esters (lactones) is 1. The van der Waals surface area contributed by atoms with Crippen LogP contribution in [0.1, 0.15) is 37.0 Å². The van der Waals surface area contributed by atoms with Crippen LogP contribution in [0.15, 0.2) is 36.7 Å². The van der Waals surface area contributed by atoms with E-state index < -0.39 is 30.0 Å². The Balaban J connectivity index is 1.30. The third kappa shape index (κ3) is 7.27. The summed E-state index contributed by atoms with van der Waals surface area (Å²) >= 11 is 0. The Kier molecular flexibility index (Phi) is 9.69. The van der Waals surface area contributed by atoms with Crippen molar-refractivity contribution >= 4 is 35.3 Å². The Morgan fingerprint density at radius 3 is 2.51 bits per heavy atom. The van der Waals surface area contributed by atoms with Crippen molar-refractivity contribution in [3.63, 3.8) is 0 Å². The Hall–Kier alpha value is -4.29. The van der Waals surface area contributed by atoms with E-state index in [2.05, 4.69) is 15.0 Å². The highest BCUT2D eigenvalue weighted by molar-refractivity contribution is 5.96. The van der Waals surface area contributed by atoms with Crippen LogP contribution in [0.5, 0.6) is 0 Å². The van der Waals surface area contributed by atoms with Gasteiger partial charge in [-0.3, -0.25) is 19.5 Å². The van der Waals surface area contributed by atoms with E-state index in [1.165, 1.54) is 6.20 Å². The van der Waals surface area contributed by atoms with Gasteiger partial charge >= 0.3 is 12.2 Å². The zero-order valence-corrected chi connectivity index (χ0v) is 22.8. The predicted octanol–water partition coefficient (Wildman–Crippen LogP) is 3.71. The van der Waals surface area contributed by atoms with Crippen molar-refractivity contribution < 1.29 is 42.2 Å². The SMILES string of the molecule is CCOC(=O)OCC1CN(c2cc(F)c(N3CCC(C(C)C(=O)CNC(=O)c4cccnc4)CC3)c(F)c2)C(=O)O1. The number of pyridine rings is 1. The number of ketones is 1. The van der Waals surface area contributed by atoms with E-state index >= 15 is 8.78 Å². The maximum atomic E-state index is 15.2. The van der Waals surface area contributed by atoms with Gasteiger partial charge in [-0.2, -0.15) is 0 Å². The minimum absolute atomic E-state index is 0.00688. The van der Waals surface area contributed by atoms with E-state index in [0.717, 1.165) is 17.0 Å². The maximum absolute atomic E-state index is 15.2. The van der Waals surface area contributed by atoms with Crippen LogP contribution in [0.3, 0.4) is 0 Å². The smallest absolute Gasteiger partial charge is 0.440 e. The molecule has 4 rings (SSSR count). The Morgan fingerprint density at radius 2 is 1.88 bits per heavy atom. The number of piperidine rings is 1. The van der Waals surface area contributed by atoms with Crippen LogP contribution in [-0.4, -0.2) is 74.4 Å². The molecule has 2 unspecified atom stereocenters. The molecule has 2 saturated heterocycles. The second kappa shape index (κ2) is 13.4. The van der Waals surface area contributed by atoms with Crippen molar-refractivity contribution in [3.8, 4) is 0 Å². The van der Waals surface area contributed by atoms with Crippen molar-refractivity contribution in [2.45, 2.75) is 32.8 Å². The van der Waals surface area contributed by atoms with E-state index in [1.54, 1.807) is 37.1 Å². The predicted molar refractivity (Wildman–Crippen MR) is 143 cm³/mol. The molecule has 11 nitrogen and oxygen atoms in total. The van der Waals surface area contributed by atoms with Crippen molar-refractivity contribution in [2.75, 3.05) is 49.2 Å². The average Bonchev–Trinajstić information content (AvgIpc) is 3.35. The zero-order chi connectivity index (χ0) is 29.5. The molecule has 2 fully saturated rings. The van der Waals surface area contributed by atoms with Crippen molar-refractivity contribution in [1.82, 2.24) is 10.3 Å². The molecule has 2 amide bonds. The largest absolute Gasteiger partial charge is 0.508 e. The fourth-order valence-corrected chi connectivity index (χ4v) is 4.96. The first-order chi connectivity index (χ1) is 19.7. The minimum Gasteiger partial charge on any atom is -0.440 e. The average molecular weight is 575 g/mol. The molecule has 2 atom stereocenters. The number of anilines is 2. The topological polar surface area (TPSA) is 127 Å². The summed E-state index contributed by atoms with van der Waals surface area (Å²) in [6.45, 7) is 3.77. The van der Waals surface area contributed by atoms with Gasteiger partial charge in [0.25, 0.3) is 5.91 Å². The molecule has 41 heavy (non-hydrogen) atoms. The number of hydrogen-bond acceptors (Lipinski definition) is 9. The number of hydrogen-bond donors (Lipinski definition) is 1. The molecule has 1 aromatic carbocycles. The van der Waals surface area contributed by atoms with Gasteiger partial charge < -0.3 is 24.4 Å². The molecular formula is C28H32F2N4O7. The lowest BCUT2D eigenvalue weighted by atomic mass is 9.82. The maximum Gasteiger partial charge on any atom is 0.508 e. The van der Waals surface area contributed by atoms with E-state index in [1.807, 2.05) is 0 Å². The molecule has 0 radical (unpaired) electrons. The summed E-state index contributed by atoms with van der Waals surface area (Å²) in [7, 11) is 0. The summed E-state index contributed by atoms with van der Waals surface area (Å²) in [5.74, 6) is -2.52. The lowest BCUT2D eigenvalue weighted by Gasteiger charge is -2.36. The molecule has 0 aliphatic carbocycles. The molecule has 3 heterocycles. The molecule has 0 saturated carbocycles.